The Kier molecular flexibility index (Phi) is 6.09. The van der Waals surface area contributed by atoms with Gasteiger partial charge in [0.2, 0.25) is 0 Å². The van der Waals surface area contributed by atoms with E-state index in [1.54, 1.807) is 42.1 Å². The zero-order valence-corrected chi connectivity index (χ0v) is 22.1. The minimum atomic E-state index is -0.622. The van der Waals surface area contributed by atoms with E-state index in [0.717, 1.165) is 16.9 Å². The Morgan fingerprint density at radius 1 is 1.05 bits per heavy atom. The number of benzene rings is 2. The number of aromatic nitrogens is 3. The summed E-state index contributed by atoms with van der Waals surface area (Å²) in [7, 11) is 5.02. The quantitative estimate of drug-likeness (QED) is 0.408. The highest BCUT2D eigenvalue weighted by Gasteiger charge is 2.44. The van der Waals surface area contributed by atoms with Crippen molar-refractivity contribution in [2.45, 2.75) is 24.9 Å². The van der Waals surface area contributed by atoms with Gasteiger partial charge in [0, 0.05) is 56.2 Å². The molecule has 0 unspecified atom stereocenters. The van der Waals surface area contributed by atoms with Gasteiger partial charge < -0.3 is 24.4 Å². The molecule has 1 saturated heterocycles. The molecule has 200 valence electrons. The van der Waals surface area contributed by atoms with E-state index < -0.39 is 5.60 Å². The molecule has 39 heavy (non-hydrogen) atoms. The second kappa shape index (κ2) is 9.61. The summed E-state index contributed by atoms with van der Waals surface area (Å²) >= 11 is 0. The van der Waals surface area contributed by atoms with Crippen LogP contribution in [0.4, 0.5) is 11.5 Å². The van der Waals surface area contributed by atoms with Gasteiger partial charge in [-0.15, -0.1) is 0 Å². The Morgan fingerprint density at radius 3 is 2.59 bits per heavy atom. The van der Waals surface area contributed by atoms with E-state index >= 15 is 0 Å². The van der Waals surface area contributed by atoms with Gasteiger partial charge in [0.05, 0.1) is 37.9 Å². The molecule has 0 atom stereocenters. The van der Waals surface area contributed by atoms with Crippen LogP contribution in [-0.2, 0) is 7.05 Å². The van der Waals surface area contributed by atoms with Crippen molar-refractivity contribution in [1.82, 2.24) is 19.7 Å². The maximum absolute atomic E-state index is 13.4. The fraction of sp³-hybridized carbons (Fsp3) is 0.310. The number of ketones is 1. The number of methoxy groups -OCH3 is 2. The van der Waals surface area contributed by atoms with Gasteiger partial charge in [0.15, 0.2) is 5.78 Å². The number of hydrogen-bond acceptors (Lipinski definition) is 8. The first-order chi connectivity index (χ1) is 18.9. The van der Waals surface area contributed by atoms with Crippen LogP contribution in [0.2, 0.25) is 0 Å². The lowest BCUT2D eigenvalue weighted by Crippen LogP contribution is -2.52. The van der Waals surface area contributed by atoms with E-state index in [1.807, 2.05) is 43.4 Å². The summed E-state index contributed by atoms with van der Waals surface area (Å²) in [5, 5.41) is 8.21. The van der Waals surface area contributed by atoms with Gasteiger partial charge in [0.1, 0.15) is 34.4 Å². The molecule has 2 aromatic carbocycles. The minimum Gasteiger partial charge on any atom is -0.497 e. The molecule has 0 aliphatic carbocycles. The molecule has 1 fully saturated rings. The third-order valence-electron chi connectivity index (χ3n) is 7.56. The first-order valence-electron chi connectivity index (χ1n) is 12.8. The van der Waals surface area contributed by atoms with Gasteiger partial charge in [0.25, 0.3) is 5.91 Å². The van der Waals surface area contributed by atoms with Crippen molar-refractivity contribution < 1.29 is 23.8 Å². The number of Topliss-reactive ketones (excluding diaryl/α,β-unsaturated/α-hetero) is 1. The van der Waals surface area contributed by atoms with E-state index in [4.69, 9.17) is 14.2 Å². The number of pyridine rings is 1. The van der Waals surface area contributed by atoms with Crippen LogP contribution in [-0.4, -0.2) is 64.3 Å². The van der Waals surface area contributed by atoms with Gasteiger partial charge in [-0.05, 0) is 36.4 Å². The number of carbonyl (C=O) groups is 2. The van der Waals surface area contributed by atoms with Crippen LogP contribution in [0.3, 0.4) is 0 Å². The van der Waals surface area contributed by atoms with Gasteiger partial charge in [-0.2, -0.15) is 5.10 Å². The smallest absolute Gasteiger partial charge is 0.272 e. The number of ether oxygens (including phenoxy) is 3. The second-order valence-electron chi connectivity index (χ2n) is 9.95. The summed E-state index contributed by atoms with van der Waals surface area (Å²) in [6.07, 6.45) is 3.10. The van der Waals surface area contributed by atoms with Gasteiger partial charge in [-0.25, -0.2) is 4.98 Å². The Labute approximate surface area is 225 Å². The number of rotatable bonds is 5. The zero-order valence-electron chi connectivity index (χ0n) is 22.1. The van der Waals surface area contributed by atoms with Crippen LogP contribution in [0.1, 0.15) is 40.1 Å². The summed E-state index contributed by atoms with van der Waals surface area (Å²) in [6.45, 7) is 0.929. The van der Waals surface area contributed by atoms with Crippen LogP contribution >= 0.6 is 0 Å². The van der Waals surface area contributed by atoms with Crippen molar-refractivity contribution in [3.63, 3.8) is 0 Å². The predicted octanol–water partition coefficient (Wildman–Crippen LogP) is 4.37. The summed E-state index contributed by atoms with van der Waals surface area (Å²) in [5.74, 6) is 2.53. The minimum absolute atomic E-state index is 0.0426. The van der Waals surface area contributed by atoms with Crippen LogP contribution in [0.15, 0.2) is 54.7 Å². The van der Waals surface area contributed by atoms with E-state index in [9.17, 15) is 9.59 Å². The van der Waals surface area contributed by atoms with E-state index in [2.05, 4.69) is 15.4 Å². The predicted molar refractivity (Wildman–Crippen MR) is 145 cm³/mol. The molecule has 10 heteroatoms. The highest BCUT2D eigenvalue weighted by atomic mass is 16.5. The molecular weight excluding hydrogens is 498 g/mol. The van der Waals surface area contributed by atoms with Crippen molar-refractivity contribution in [2.75, 3.05) is 32.6 Å². The maximum atomic E-state index is 13.4. The number of fused-ring (bicyclic) bond motifs is 2. The molecule has 2 aromatic heterocycles. The molecule has 2 aliphatic heterocycles. The fourth-order valence-corrected chi connectivity index (χ4v) is 5.35. The lowest BCUT2D eigenvalue weighted by Gasteiger charge is -2.44. The standard InChI is InChI=1S/C29H29N5O5/c1-33-27(8-11-30-33)31-18-4-7-25-21(14-18)24(35)17-29(39-25)9-12-34(13-10-29)28(36)23-16-26(38-3)20-15-19(37-2)5-6-22(20)32-23/h4-8,11,14-16,31H,9-10,12-13,17H2,1-3H3. The summed E-state index contributed by atoms with van der Waals surface area (Å²) in [5.41, 5.74) is 1.71. The van der Waals surface area contributed by atoms with E-state index in [0.29, 0.717) is 60.0 Å². The molecule has 6 rings (SSSR count). The Balaban J connectivity index is 1.17. The molecule has 4 aromatic rings. The van der Waals surface area contributed by atoms with Crippen molar-refractivity contribution in [2.24, 2.45) is 7.05 Å². The van der Waals surface area contributed by atoms with Crippen molar-refractivity contribution in [3.8, 4) is 17.2 Å². The summed E-state index contributed by atoms with van der Waals surface area (Å²) in [6, 6.07) is 14.6. The molecule has 10 nitrogen and oxygen atoms in total. The Morgan fingerprint density at radius 2 is 1.87 bits per heavy atom. The lowest BCUT2D eigenvalue weighted by atomic mass is 9.82. The fourth-order valence-electron chi connectivity index (χ4n) is 5.35. The molecule has 0 radical (unpaired) electrons. The third kappa shape index (κ3) is 4.52. The monoisotopic (exact) mass is 527 g/mol. The van der Waals surface area contributed by atoms with Crippen LogP contribution in [0, 0.1) is 0 Å². The van der Waals surface area contributed by atoms with Crippen LogP contribution < -0.4 is 19.5 Å². The molecule has 2 aliphatic rings. The zero-order chi connectivity index (χ0) is 27.1. The number of carbonyl (C=O) groups excluding carboxylic acids is 2. The highest BCUT2D eigenvalue weighted by Crippen LogP contribution is 2.41. The number of hydrogen-bond donors (Lipinski definition) is 1. The molecule has 0 bridgehead atoms. The first kappa shape index (κ1) is 24.7. The maximum Gasteiger partial charge on any atom is 0.272 e. The molecule has 1 amide bonds. The lowest BCUT2D eigenvalue weighted by molar-refractivity contribution is -0.00583. The molecule has 0 saturated carbocycles. The first-order valence-corrected chi connectivity index (χ1v) is 12.8. The van der Waals surface area contributed by atoms with Crippen molar-refractivity contribution in [3.05, 3.63) is 66.0 Å². The molecule has 1 spiro atoms. The largest absolute Gasteiger partial charge is 0.497 e. The molecule has 1 N–H and O–H groups in total. The summed E-state index contributed by atoms with van der Waals surface area (Å²) < 4.78 is 19.0. The van der Waals surface area contributed by atoms with Crippen molar-refractivity contribution in [1.29, 1.82) is 0 Å². The average Bonchev–Trinajstić information content (AvgIpc) is 3.36. The number of piperidine rings is 1. The SMILES string of the molecule is COc1ccc2nc(C(=O)N3CCC4(CC3)CC(=O)c3cc(Nc5ccnn5C)ccc3O4)cc(OC)c2c1. The Bertz CT molecular complexity index is 1590. The van der Waals surface area contributed by atoms with E-state index in [1.165, 1.54) is 0 Å². The van der Waals surface area contributed by atoms with Crippen LogP contribution in [0.5, 0.6) is 17.2 Å². The Hall–Kier alpha value is -4.60. The highest BCUT2D eigenvalue weighted by molar-refractivity contribution is 6.01. The summed E-state index contributed by atoms with van der Waals surface area (Å²) in [4.78, 5) is 33.0. The van der Waals surface area contributed by atoms with Gasteiger partial charge >= 0.3 is 0 Å². The van der Waals surface area contributed by atoms with Crippen molar-refractivity contribution >= 4 is 34.1 Å². The number of anilines is 2. The van der Waals surface area contributed by atoms with Gasteiger partial charge in [-0.1, -0.05) is 0 Å². The molecule has 4 heterocycles. The van der Waals surface area contributed by atoms with Gasteiger partial charge in [-0.3, -0.25) is 14.3 Å². The topological polar surface area (TPSA) is 108 Å². The van der Waals surface area contributed by atoms with E-state index in [-0.39, 0.29) is 18.1 Å². The number of nitrogens with zero attached hydrogens (tertiary/aromatic N) is 4. The number of aryl methyl sites for hydroxylation is 1. The average molecular weight is 528 g/mol. The third-order valence-corrected chi connectivity index (χ3v) is 7.56. The normalized spacial score (nSPS) is 16.1. The number of likely N-dealkylation sites (tertiary alicyclic amines) is 1. The molecular formula is C29H29N5O5. The number of nitrogens with one attached hydrogen (secondary N) is 1. The number of amides is 1. The second-order valence-corrected chi connectivity index (χ2v) is 9.95. The van der Waals surface area contributed by atoms with Crippen LogP contribution in [0.25, 0.3) is 10.9 Å².